The Bertz CT molecular complexity index is 303. The standard InChI is InChI=1S/C12H17N3/c1-2-10(1)8-15(9-11-3-4-11)12-7-13-5-6-14-12/h5-7,10-11H,1-4,8-9H2. The lowest BCUT2D eigenvalue weighted by Gasteiger charge is -2.22. The highest BCUT2D eigenvalue weighted by atomic mass is 15.2. The van der Waals surface area contributed by atoms with Gasteiger partial charge in [0.1, 0.15) is 5.82 Å². The highest BCUT2D eigenvalue weighted by Crippen LogP contribution is 2.34. The molecule has 0 amide bonds. The topological polar surface area (TPSA) is 29.0 Å². The summed E-state index contributed by atoms with van der Waals surface area (Å²) < 4.78 is 0. The van der Waals surface area contributed by atoms with Crippen LogP contribution in [0.15, 0.2) is 18.6 Å². The van der Waals surface area contributed by atoms with Crippen molar-refractivity contribution in [3.8, 4) is 0 Å². The molecule has 0 bridgehead atoms. The molecule has 0 spiro atoms. The zero-order chi connectivity index (χ0) is 10.1. The molecule has 3 rings (SSSR count). The molecule has 0 N–H and O–H groups in total. The number of nitrogens with zero attached hydrogens (tertiary/aromatic N) is 3. The van der Waals surface area contributed by atoms with Crippen LogP contribution in [0.5, 0.6) is 0 Å². The molecule has 2 aliphatic rings. The van der Waals surface area contributed by atoms with Crippen molar-refractivity contribution in [1.29, 1.82) is 0 Å². The van der Waals surface area contributed by atoms with Crippen LogP contribution in [0.4, 0.5) is 5.82 Å². The number of hydrogen-bond acceptors (Lipinski definition) is 3. The Morgan fingerprint density at radius 1 is 1.07 bits per heavy atom. The first-order valence-corrected chi connectivity index (χ1v) is 5.93. The quantitative estimate of drug-likeness (QED) is 0.734. The first-order chi connectivity index (χ1) is 7.42. The number of hydrogen-bond donors (Lipinski definition) is 0. The highest BCUT2D eigenvalue weighted by molar-refractivity contribution is 5.35. The largest absolute Gasteiger partial charge is 0.355 e. The molecule has 2 aliphatic carbocycles. The van der Waals surface area contributed by atoms with Gasteiger partial charge in [-0.1, -0.05) is 0 Å². The molecule has 0 radical (unpaired) electrons. The van der Waals surface area contributed by atoms with Gasteiger partial charge in [0.2, 0.25) is 0 Å². The van der Waals surface area contributed by atoms with Crippen LogP contribution >= 0.6 is 0 Å². The number of rotatable bonds is 5. The summed E-state index contributed by atoms with van der Waals surface area (Å²) in [6.45, 7) is 2.38. The fourth-order valence-electron chi connectivity index (χ4n) is 1.94. The van der Waals surface area contributed by atoms with Crippen molar-refractivity contribution in [3.63, 3.8) is 0 Å². The molecule has 80 valence electrons. The Kier molecular flexibility index (Phi) is 2.31. The summed E-state index contributed by atoms with van der Waals surface area (Å²) in [7, 11) is 0. The van der Waals surface area contributed by atoms with Crippen LogP contribution < -0.4 is 4.90 Å². The maximum Gasteiger partial charge on any atom is 0.147 e. The fourth-order valence-corrected chi connectivity index (χ4v) is 1.94. The zero-order valence-electron chi connectivity index (χ0n) is 8.97. The summed E-state index contributed by atoms with van der Waals surface area (Å²) in [5, 5.41) is 0. The summed E-state index contributed by atoms with van der Waals surface area (Å²) in [6, 6.07) is 0. The Balaban J connectivity index is 1.69. The number of anilines is 1. The zero-order valence-corrected chi connectivity index (χ0v) is 8.97. The van der Waals surface area contributed by atoms with Crippen LogP contribution in [0.3, 0.4) is 0 Å². The summed E-state index contributed by atoms with van der Waals surface area (Å²) >= 11 is 0. The van der Waals surface area contributed by atoms with Crippen molar-refractivity contribution in [2.24, 2.45) is 11.8 Å². The Morgan fingerprint density at radius 3 is 2.20 bits per heavy atom. The molecule has 0 aliphatic heterocycles. The monoisotopic (exact) mass is 203 g/mol. The summed E-state index contributed by atoms with van der Waals surface area (Å²) in [5.41, 5.74) is 0. The van der Waals surface area contributed by atoms with E-state index >= 15 is 0 Å². The predicted octanol–water partition coefficient (Wildman–Crippen LogP) is 2.10. The second kappa shape index (κ2) is 3.80. The smallest absolute Gasteiger partial charge is 0.147 e. The molecule has 0 saturated heterocycles. The van der Waals surface area contributed by atoms with Crippen LogP contribution in [-0.2, 0) is 0 Å². The Morgan fingerprint density at radius 2 is 1.73 bits per heavy atom. The Hall–Kier alpha value is -1.12. The normalized spacial score (nSPS) is 20.3. The van der Waals surface area contributed by atoms with Crippen molar-refractivity contribution in [2.75, 3.05) is 18.0 Å². The molecule has 1 heterocycles. The molecule has 1 aromatic rings. The maximum absolute atomic E-state index is 4.40. The summed E-state index contributed by atoms with van der Waals surface area (Å²) in [4.78, 5) is 11.0. The van der Waals surface area contributed by atoms with E-state index < -0.39 is 0 Å². The van der Waals surface area contributed by atoms with E-state index in [0.717, 1.165) is 17.7 Å². The molecule has 3 heteroatoms. The van der Waals surface area contributed by atoms with E-state index in [9.17, 15) is 0 Å². The third-order valence-electron chi connectivity index (χ3n) is 3.22. The minimum atomic E-state index is 0.922. The molecule has 15 heavy (non-hydrogen) atoms. The van der Waals surface area contributed by atoms with Gasteiger partial charge in [-0.15, -0.1) is 0 Å². The number of aromatic nitrogens is 2. The van der Waals surface area contributed by atoms with Gasteiger partial charge in [-0.3, -0.25) is 4.98 Å². The van der Waals surface area contributed by atoms with Gasteiger partial charge in [0, 0.05) is 25.5 Å². The molecule has 3 nitrogen and oxygen atoms in total. The van der Waals surface area contributed by atoms with Crippen molar-refractivity contribution in [2.45, 2.75) is 25.7 Å². The van der Waals surface area contributed by atoms with Gasteiger partial charge < -0.3 is 4.90 Å². The molecular formula is C12H17N3. The predicted molar refractivity (Wildman–Crippen MR) is 59.7 cm³/mol. The lowest BCUT2D eigenvalue weighted by molar-refractivity contribution is 0.670. The van der Waals surface area contributed by atoms with Gasteiger partial charge in [-0.25, -0.2) is 4.98 Å². The van der Waals surface area contributed by atoms with Gasteiger partial charge in [-0.05, 0) is 37.5 Å². The van der Waals surface area contributed by atoms with E-state index in [1.54, 1.807) is 12.4 Å². The fraction of sp³-hybridized carbons (Fsp3) is 0.667. The van der Waals surface area contributed by atoms with Crippen LogP contribution in [0.1, 0.15) is 25.7 Å². The van der Waals surface area contributed by atoms with Gasteiger partial charge >= 0.3 is 0 Å². The maximum atomic E-state index is 4.40. The summed E-state index contributed by atoms with van der Waals surface area (Å²) in [6.07, 6.45) is 11.1. The first kappa shape index (κ1) is 9.13. The van der Waals surface area contributed by atoms with Crippen LogP contribution in [0, 0.1) is 11.8 Å². The van der Waals surface area contributed by atoms with Crippen LogP contribution in [-0.4, -0.2) is 23.1 Å². The molecule has 2 saturated carbocycles. The van der Waals surface area contributed by atoms with Gasteiger partial charge in [0.25, 0.3) is 0 Å². The van der Waals surface area contributed by atoms with Crippen LogP contribution in [0.25, 0.3) is 0 Å². The molecular weight excluding hydrogens is 186 g/mol. The lowest BCUT2D eigenvalue weighted by Crippen LogP contribution is -2.28. The highest BCUT2D eigenvalue weighted by Gasteiger charge is 2.29. The molecule has 0 aromatic carbocycles. The second-order valence-corrected chi connectivity index (χ2v) is 4.86. The molecule has 1 aromatic heterocycles. The minimum absolute atomic E-state index is 0.922. The molecule has 0 unspecified atom stereocenters. The van der Waals surface area contributed by atoms with Crippen LogP contribution in [0.2, 0.25) is 0 Å². The van der Waals surface area contributed by atoms with E-state index in [1.807, 2.05) is 6.20 Å². The third kappa shape index (κ3) is 2.46. The second-order valence-electron chi connectivity index (χ2n) is 4.86. The summed E-state index contributed by atoms with van der Waals surface area (Å²) in [5.74, 6) is 2.91. The van der Waals surface area contributed by atoms with Gasteiger partial charge in [0.15, 0.2) is 0 Å². The average molecular weight is 203 g/mol. The minimum Gasteiger partial charge on any atom is -0.355 e. The van der Waals surface area contributed by atoms with Gasteiger partial charge in [0.05, 0.1) is 6.20 Å². The van der Waals surface area contributed by atoms with Gasteiger partial charge in [-0.2, -0.15) is 0 Å². The van der Waals surface area contributed by atoms with E-state index in [4.69, 9.17) is 0 Å². The van der Waals surface area contributed by atoms with E-state index in [-0.39, 0.29) is 0 Å². The average Bonchev–Trinajstić information content (AvgIpc) is 3.13. The van der Waals surface area contributed by atoms with Crippen molar-refractivity contribution in [3.05, 3.63) is 18.6 Å². The first-order valence-electron chi connectivity index (χ1n) is 5.93. The van der Waals surface area contributed by atoms with Crippen molar-refractivity contribution < 1.29 is 0 Å². The Labute approximate surface area is 90.5 Å². The van der Waals surface area contributed by atoms with Crippen molar-refractivity contribution in [1.82, 2.24) is 9.97 Å². The lowest BCUT2D eigenvalue weighted by atomic mass is 10.3. The molecule has 0 atom stereocenters. The molecule has 2 fully saturated rings. The van der Waals surface area contributed by atoms with E-state index in [0.29, 0.717) is 0 Å². The van der Waals surface area contributed by atoms with Crippen molar-refractivity contribution >= 4 is 5.82 Å². The SMILES string of the molecule is c1cnc(N(CC2CC2)CC2CC2)cn1. The third-order valence-corrected chi connectivity index (χ3v) is 3.22. The van der Waals surface area contributed by atoms with E-state index in [2.05, 4.69) is 14.9 Å². The van der Waals surface area contributed by atoms with E-state index in [1.165, 1.54) is 38.8 Å².